The van der Waals surface area contributed by atoms with Crippen molar-refractivity contribution in [3.8, 4) is 0 Å². The Labute approximate surface area is 91.5 Å². The Morgan fingerprint density at radius 2 is 2.00 bits per heavy atom. The highest BCUT2D eigenvalue weighted by Gasteiger charge is 2.28. The second-order valence-electron chi connectivity index (χ2n) is 4.12. The monoisotopic (exact) mass is 212 g/mol. The summed E-state index contributed by atoms with van der Waals surface area (Å²) >= 11 is 0. The molecule has 0 fully saturated rings. The Hall–Kier alpha value is -1.12. The van der Waals surface area contributed by atoms with Crippen LogP contribution in [0.1, 0.15) is 40.0 Å². The van der Waals surface area contributed by atoms with E-state index in [1.54, 1.807) is 13.0 Å². The maximum Gasteiger partial charge on any atom is 0.313 e. The molecule has 15 heavy (non-hydrogen) atoms. The zero-order valence-corrected chi connectivity index (χ0v) is 9.84. The predicted octanol–water partition coefficient (Wildman–Crippen LogP) is 2.50. The molecule has 0 radical (unpaired) electrons. The van der Waals surface area contributed by atoms with Crippen LogP contribution < -0.4 is 0 Å². The smallest absolute Gasteiger partial charge is 0.313 e. The van der Waals surface area contributed by atoms with Crippen LogP contribution in [0.4, 0.5) is 0 Å². The summed E-state index contributed by atoms with van der Waals surface area (Å²) in [5, 5.41) is 0. The minimum Gasteiger partial charge on any atom is -0.466 e. The molecular formula is C12H20O3. The summed E-state index contributed by atoms with van der Waals surface area (Å²) in [7, 11) is 0. The fraction of sp³-hybridized carbons (Fsp3) is 0.667. The Balaban J connectivity index is 4.17. The quantitative estimate of drug-likeness (QED) is 0.370. The minimum absolute atomic E-state index is 0.0669. The molecule has 0 aliphatic rings. The van der Waals surface area contributed by atoms with Crippen molar-refractivity contribution in [1.82, 2.24) is 0 Å². The first-order valence-corrected chi connectivity index (χ1v) is 5.24. The standard InChI is InChI=1S/C12H20O3/c1-5-7-8-12(3,4)10(13)9-11(14)15-6-2/h5H,1,6-9H2,2-4H3. The molecule has 0 amide bonds. The van der Waals surface area contributed by atoms with Gasteiger partial charge in [0.1, 0.15) is 12.2 Å². The molecule has 3 heteroatoms. The van der Waals surface area contributed by atoms with E-state index in [0.717, 1.165) is 12.8 Å². The van der Waals surface area contributed by atoms with Crippen molar-refractivity contribution in [1.29, 1.82) is 0 Å². The topological polar surface area (TPSA) is 43.4 Å². The number of allylic oxidation sites excluding steroid dienone is 1. The third kappa shape index (κ3) is 5.35. The number of esters is 1. The molecule has 86 valence electrons. The first kappa shape index (κ1) is 13.9. The first-order valence-electron chi connectivity index (χ1n) is 5.24. The Kier molecular flexibility index (Phi) is 5.90. The molecule has 0 spiro atoms. The Morgan fingerprint density at radius 3 is 2.47 bits per heavy atom. The fourth-order valence-corrected chi connectivity index (χ4v) is 1.18. The van der Waals surface area contributed by atoms with Crippen LogP contribution in [-0.2, 0) is 14.3 Å². The lowest BCUT2D eigenvalue weighted by Gasteiger charge is -2.21. The molecular weight excluding hydrogens is 192 g/mol. The summed E-state index contributed by atoms with van der Waals surface area (Å²) < 4.78 is 4.73. The summed E-state index contributed by atoms with van der Waals surface area (Å²) in [4.78, 5) is 22.8. The van der Waals surface area contributed by atoms with E-state index in [9.17, 15) is 9.59 Å². The number of Topliss-reactive ketones (excluding diaryl/α,β-unsaturated/α-hetero) is 1. The van der Waals surface area contributed by atoms with Gasteiger partial charge in [-0.05, 0) is 19.8 Å². The molecule has 0 N–H and O–H groups in total. The van der Waals surface area contributed by atoms with Crippen molar-refractivity contribution in [2.24, 2.45) is 5.41 Å². The van der Waals surface area contributed by atoms with E-state index in [1.165, 1.54) is 0 Å². The van der Waals surface area contributed by atoms with Crippen molar-refractivity contribution >= 4 is 11.8 Å². The average molecular weight is 212 g/mol. The maximum absolute atomic E-state index is 11.7. The lowest BCUT2D eigenvalue weighted by molar-refractivity contribution is -0.147. The normalized spacial score (nSPS) is 10.9. The molecule has 0 bridgehead atoms. The van der Waals surface area contributed by atoms with Crippen LogP contribution in [0.3, 0.4) is 0 Å². The summed E-state index contributed by atoms with van der Waals surface area (Å²) in [5.74, 6) is -0.503. The third-order valence-electron chi connectivity index (χ3n) is 2.34. The van der Waals surface area contributed by atoms with Gasteiger partial charge in [-0.2, -0.15) is 0 Å². The van der Waals surface area contributed by atoms with Gasteiger partial charge in [0.15, 0.2) is 0 Å². The van der Waals surface area contributed by atoms with Crippen LogP contribution >= 0.6 is 0 Å². The highest BCUT2D eigenvalue weighted by molar-refractivity contribution is 5.98. The SMILES string of the molecule is C=CCCC(C)(C)C(=O)CC(=O)OCC. The van der Waals surface area contributed by atoms with Crippen LogP contribution in [0.15, 0.2) is 12.7 Å². The van der Waals surface area contributed by atoms with Gasteiger partial charge >= 0.3 is 5.97 Å². The van der Waals surface area contributed by atoms with Crippen molar-refractivity contribution in [2.75, 3.05) is 6.61 Å². The van der Waals surface area contributed by atoms with Gasteiger partial charge in [-0.1, -0.05) is 19.9 Å². The number of ketones is 1. The second kappa shape index (κ2) is 6.38. The van der Waals surface area contributed by atoms with Crippen LogP contribution in [-0.4, -0.2) is 18.4 Å². The zero-order chi connectivity index (χ0) is 11.9. The summed E-state index contributed by atoms with van der Waals surface area (Å²) in [6.07, 6.45) is 3.15. The van der Waals surface area contributed by atoms with Gasteiger partial charge in [-0.3, -0.25) is 9.59 Å². The number of carbonyl (C=O) groups excluding carboxylic acids is 2. The van der Waals surface area contributed by atoms with Crippen LogP contribution in [0, 0.1) is 5.41 Å². The lowest BCUT2D eigenvalue weighted by atomic mass is 9.82. The van der Waals surface area contributed by atoms with E-state index in [1.807, 2.05) is 13.8 Å². The van der Waals surface area contributed by atoms with Crippen LogP contribution in [0.25, 0.3) is 0 Å². The number of carbonyl (C=O) groups is 2. The highest BCUT2D eigenvalue weighted by atomic mass is 16.5. The van der Waals surface area contributed by atoms with Gasteiger partial charge in [0.25, 0.3) is 0 Å². The molecule has 0 aromatic carbocycles. The van der Waals surface area contributed by atoms with E-state index >= 15 is 0 Å². The third-order valence-corrected chi connectivity index (χ3v) is 2.34. The van der Waals surface area contributed by atoms with Crippen molar-refractivity contribution in [3.05, 3.63) is 12.7 Å². The van der Waals surface area contributed by atoms with Crippen molar-refractivity contribution < 1.29 is 14.3 Å². The largest absolute Gasteiger partial charge is 0.466 e. The molecule has 0 saturated carbocycles. The van der Waals surface area contributed by atoms with E-state index in [-0.39, 0.29) is 12.2 Å². The van der Waals surface area contributed by atoms with Gasteiger partial charge in [0.2, 0.25) is 0 Å². The van der Waals surface area contributed by atoms with E-state index in [4.69, 9.17) is 4.74 Å². The van der Waals surface area contributed by atoms with Crippen molar-refractivity contribution in [2.45, 2.75) is 40.0 Å². The highest BCUT2D eigenvalue weighted by Crippen LogP contribution is 2.25. The molecule has 0 aliphatic carbocycles. The molecule has 0 unspecified atom stereocenters. The van der Waals surface area contributed by atoms with Crippen LogP contribution in [0.2, 0.25) is 0 Å². The molecule has 0 saturated heterocycles. The number of ether oxygens (including phenoxy) is 1. The minimum atomic E-state index is -0.471. The number of rotatable bonds is 7. The van der Waals surface area contributed by atoms with Gasteiger partial charge in [-0.25, -0.2) is 0 Å². The van der Waals surface area contributed by atoms with E-state index in [0.29, 0.717) is 6.61 Å². The fourth-order valence-electron chi connectivity index (χ4n) is 1.18. The van der Waals surface area contributed by atoms with Gasteiger partial charge in [-0.15, -0.1) is 6.58 Å². The number of hydrogen-bond acceptors (Lipinski definition) is 3. The summed E-state index contributed by atoms with van der Waals surface area (Å²) in [5.41, 5.74) is -0.471. The second-order valence-corrected chi connectivity index (χ2v) is 4.12. The van der Waals surface area contributed by atoms with Gasteiger partial charge < -0.3 is 4.74 Å². The first-order chi connectivity index (χ1) is 6.94. The predicted molar refractivity (Wildman–Crippen MR) is 59.5 cm³/mol. The summed E-state index contributed by atoms with van der Waals surface area (Å²) in [6, 6.07) is 0. The maximum atomic E-state index is 11.7. The molecule has 0 atom stereocenters. The molecule has 0 heterocycles. The molecule has 0 aromatic heterocycles. The van der Waals surface area contributed by atoms with Crippen LogP contribution in [0.5, 0.6) is 0 Å². The molecule has 0 rings (SSSR count). The van der Waals surface area contributed by atoms with Gasteiger partial charge in [0.05, 0.1) is 6.61 Å². The molecule has 3 nitrogen and oxygen atoms in total. The summed E-state index contributed by atoms with van der Waals surface area (Å²) in [6.45, 7) is 9.35. The van der Waals surface area contributed by atoms with E-state index < -0.39 is 11.4 Å². The Bertz CT molecular complexity index is 241. The van der Waals surface area contributed by atoms with Crippen molar-refractivity contribution in [3.63, 3.8) is 0 Å². The lowest BCUT2D eigenvalue weighted by Crippen LogP contribution is -2.27. The Morgan fingerprint density at radius 1 is 1.40 bits per heavy atom. The molecule has 0 aromatic rings. The van der Waals surface area contributed by atoms with Gasteiger partial charge in [0, 0.05) is 5.41 Å². The molecule has 0 aliphatic heterocycles. The average Bonchev–Trinajstić information content (AvgIpc) is 2.15. The number of hydrogen-bond donors (Lipinski definition) is 0. The zero-order valence-electron chi connectivity index (χ0n) is 9.84. The van der Waals surface area contributed by atoms with E-state index in [2.05, 4.69) is 6.58 Å².